The number of nitrogens with zero attached hydrogens (tertiary/aromatic N) is 1. The van der Waals surface area contributed by atoms with Crippen molar-refractivity contribution in [3.8, 4) is 17.0 Å². The minimum atomic E-state index is -4.77. The summed E-state index contributed by atoms with van der Waals surface area (Å²) in [7, 11) is 0. The Morgan fingerprint density at radius 1 is 1.04 bits per heavy atom. The van der Waals surface area contributed by atoms with Crippen molar-refractivity contribution in [1.82, 2.24) is 10.2 Å². The lowest BCUT2D eigenvalue weighted by molar-refractivity contribution is -0.274. The molecule has 1 heterocycles. The summed E-state index contributed by atoms with van der Waals surface area (Å²) in [5.41, 5.74) is 0.788. The number of rotatable bonds is 4. The van der Waals surface area contributed by atoms with E-state index in [1.165, 1.54) is 36.5 Å². The van der Waals surface area contributed by atoms with Crippen LogP contribution in [0, 0.1) is 5.82 Å². The van der Waals surface area contributed by atoms with Crippen LogP contribution in [0.2, 0.25) is 0 Å². The van der Waals surface area contributed by atoms with E-state index in [-0.39, 0.29) is 11.3 Å². The van der Waals surface area contributed by atoms with Crippen molar-refractivity contribution in [2.45, 2.75) is 6.36 Å². The van der Waals surface area contributed by atoms with Crippen molar-refractivity contribution in [1.29, 1.82) is 0 Å². The van der Waals surface area contributed by atoms with Crippen LogP contribution in [0.3, 0.4) is 0 Å². The van der Waals surface area contributed by atoms with Gasteiger partial charge in [-0.25, -0.2) is 4.39 Å². The number of aliphatic imine (C=N–C) groups is 1. The molecule has 0 saturated heterocycles. The summed E-state index contributed by atoms with van der Waals surface area (Å²) in [6.07, 6.45) is -3.53. The number of benzene rings is 2. The van der Waals surface area contributed by atoms with E-state index in [2.05, 4.69) is 19.9 Å². The summed E-state index contributed by atoms with van der Waals surface area (Å²) in [5.74, 6) is -0.843. The first-order chi connectivity index (χ1) is 12.3. The zero-order valence-electron chi connectivity index (χ0n) is 13.0. The molecular formula is C17H11F4N3O2. The molecule has 0 bridgehead atoms. The quantitative estimate of drug-likeness (QED) is 0.538. The third-order valence-corrected chi connectivity index (χ3v) is 3.34. The number of alkyl halides is 3. The van der Waals surface area contributed by atoms with Crippen LogP contribution in [-0.2, 0) is 0 Å². The molecule has 0 aliphatic rings. The SMILES string of the molecule is O=c1[nH][nH]c(-c2cccc(F)c2)c1C=Nc1ccc(OC(F)(F)F)cc1. The Morgan fingerprint density at radius 2 is 1.77 bits per heavy atom. The summed E-state index contributed by atoms with van der Waals surface area (Å²) in [5, 5.41) is 5.04. The molecule has 3 aromatic rings. The summed E-state index contributed by atoms with van der Waals surface area (Å²) >= 11 is 0. The number of hydrogen-bond acceptors (Lipinski definition) is 3. The zero-order chi connectivity index (χ0) is 18.7. The first kappa shape index (κ1) is 17.5. The van der Waals surface area contributed by atoms with Gasteiger partial charge in [0.2, 0.25) is 0 Å². The minimum absolute atomic E-state index is 0.159. The number of halogens is 4. The number of H-pyrrole nitrogens is 2. The van der Waals surface area contributed by atoms with Gasteiger partial charge in [-0.3, -0.25) is 20.0 Å². The molecule has 0 fully saturated rings. The zero-order valence-corrected chi connectivity index (χ0v) is 13.0. The second kappa shape index (κ2) is 6.87. The lowest BCUT2D eigenvalue weighted by Crippen LogP contribution is -2.16. The standard InChI is InChI=1S/C17H11F4N3O2/c18-11-3-1-2-10(8-11)15-14(16(25)24-23-15)9-22-12-4-6-13(7-5-12)26-17(19,20)21/h1-9H,(H2,23,24,25). The fourth-order valence-electron chi connectivity index (χ4n) is 2.24. The number of aromatic amines is 2. The Hall–Kier alpha value is -3.36. The number of ether oxygens (including phenoxy) is 1. The summed E-state index contributed by atoms with van der Waals surface area (Å²) < 4.78 is 53.5. The van der Waals surface area contributed by atoms with Crippen molar-refractivity contribution >= 4 is 11.9 Å². The number of hydrogen-bond donors (Lipinski definition) is 2. The van der Waals surface area contributed by atoms with Gasteiger partial charge in [0.15, 0.2) is 0 Å². The van der Waals surface area contributed by atoms with Gasteiger partial charge in [-0.1, -0.05) is 12.1 Å². The molecule has 0 saturated carbocycles. The normalized spacial score (nSPS) is 11.8. The second-order valence-electron chi connectivity index (χ2n) is 5.18. The van der Waals surface area contributed by atoms with Gasteiger partial charge in [-0.15, -0.1) is 13.2 Å². The van der Waals surface area contributed by atoms with Crippen LogP contribution in [-0.4, -0.2) is 22.8 Å². The number of aromatic nitrogens is 2. The molecular weight excluding hydrogens is 354 g/mol. The van der Waals surface area contributed by atoms with Crippen molar-refractivity contribution in [3.05, 3.63) is 70.3 Å². The topological polar surface area (TPSA) is 70.2 Å². The molecule has 0 amide bonds. The summed E-state index contributed by atoms with van der Waals surface area (Å²) in [6, 6.07) is 10.5. The minimum Gasteiger partial charge on any atom is -0.406 e. The third kappa shape index (κ3) is 4.18. The van der Waals surface area contributed by atoms with Crippen LogP contribution >= 0.6 is 0 Å². The molecule has 2 aromatic carbocycles. The monoisotopic (exact) mass is 365 g/mol. The predicted octanol–water partition coefficient (Wildman–Crippen LogP) is 4.16. The van der Waals surface area contributed by atoms with Crippen LogP contribution in [0.15, 0.2) is 58.3 Å². The molecule has 0 aliphatic carbocycles. The van der Waals surface area contributed by atoms with Gasteiger partial charge in [0.05, 0.1) is 16.9 Å². The molecule has 0 unspecified atom stereocenters. The van der Waals surface area contributed by atoms with Crippen molar-refractivity contribution in [2.24, 2.45) is 4.99 Å². The maximum absolute atomic E-state index is 13.4. The molecule has 26 heavy (non-hydrogen) atoms. The van der Waals surface area contributed by atoms with Gasteiger partial charge >= 0.3 is 6.36 Å². The average Bonchev–Trinajstić information content (AvgIpc) is 2.94. The van der Waals surface area contributed by atoms with E-state index in [1.807, 2.05) is 0 Å². The van der Waals surface area contributed by atoms with Crippen molar-refractivity contribution < 1.29 is 22.3 Å². The van der Waals surface area contributed by atoms with Crippen LogP contribution < -0.4 is 10.3 Å². The largest absolute Gasteiger partial charge is 0.573 e. The van der Waals surface area contributed by atoms with E-state index < -0.39 is 17.7 Å². The van der Waals surface area contributed by atoms with Gasteiger partial charge in [0, 0.05) is 11.8 Å². The lowest BCUT2D eigenvalue weighted by atomic mass is 10.1. The first-order valence-electron chi connectivity index (χ1n) is 7.28. The predicted molar refractivity (Wildman–Crippen MR) is 87.2 cm³/mol. The average molecular weight is 365 g/mol. The van der Waals surface area contributed by atoms with Gasteiger partial charge < -0.3 is 4.74 Å². The van der Waals surface area contributed by atoms with Crippen LogP contribution in [0.5, 0.6) is 5.75 Å². The summed E-state index contributed by atoms with van der Waals surface area (Å²) in [4.78, 5) is 16.0. The van der Waals surface area contributed by atoms with Gasteiger partial charge in [-0.2, -0.15) is 0 Å². The molecule has 2 N–H and O–H groups in total. The van der Waals surface area contributed by atoms with Gasteiger partial charge in [-0.05, 0) is 36.4 Å². The smallest absolute Gasteiger partial charge is 0.406 e. The van der Waals surface area contributed by atoms with Crippen LogP contribution in [0.1, 0.15) is 5.56 Å². The fraction of sp³-hybridized carbons (Fsp3) is 0.0588. The van der Waals surface area contributed by atoms with E-state index >= 15 is 0 Å². The third-order valence-electron chi connectivity index (χ3n) is 3.34. The Morgan fingerprint density at radius 3 is 2.42 bits per heavy atom. The molecule has 0 atom stereocenters. The van der Waals surface area contributed by atoms with Crippen LogP contribution in [0.25, 0.3) is 11.3 Å². The van der Waals surface area contributed by atoms with E-state index in [0.29, 0.717) is 16.9 Å². The van der Waals surface area contributed by atoms with Crippen molar-refractivity contribution in [3.63, 3.8) is 0 Å². The van der Waals surface area contributed by atoms with Gasteiger partial charge in [0.25, 0.3) is 5.56 Å². The maximum atomic E-state index is 13.4. The Balaban J connectivity index is 1.85. The first-order valence-corrected chi connectivity index (χ1v) is 7.28. The highest BCUT2D eigenvalue weighted by Crippen LogP contribution is 2.25. The molecule has 5 nitrogen and oxygen atoms in total. The van der Waals surface area contributed by atoms with E-state index in [1.54, 1.807) is 6.07 Å². The Kier molecular flexibility index (Phi) is 4.61. The molecule has 0 radical (unpaired) electrons. The lowest BCUT2D eigenvalue weighted by Gasteiger charge is -2.08. The van der Waals surface area contributed by atoms with Crippen molar-refractivity contribution in [2.75, 3.05) is 0 Å². The van der Waals surface area contributed by atoms with E-state index in [0.717, 1.165) is 12.1 Å². The highest BCUT2D eigenvalue weighted by molar-refractivity contribution is 5.89. The molecule has 0 spiro atoms. The molecule has 3 rings (SSSR count). The fourth-order valence-corrected chi connectivity index (χ4v) is 2.24. The Bertz CT molecular complexity index is 988. The maximum Gasteiger partial charge on any atom is 0.573 e. The summed E-state index contributed by atoms with van der Waals surface area (Å²) in [6.45, 7) is 0. The molecule has 0 aliphatic heterocycles. The van der Waals surface area contributed by atoms with Crippen LogP contribution in [0.4, 0.5) is 23.2 Å². The highest BCUT2D eigenvalue weighted by atomic mass is 19.4. The van der Waals surface area contributed by atoms with E-state index in [9.17, 15) is 22.4 Å². The van der Waals surface area contributed by atoms with Gasteiger partial charge in [0.1, 0.15) is 11.6 Å². The number of nitrogens with one attached hydrogen (secondary N) is 2. The highest BCUT2D eigenvalue weighted by Gasteiger charge is 2.30. The molecule has 9 heteroatoms. The Labute approximate surface area is 144 Å². The molecule has 134 valence electrons. The second-order valence-corrected chi connectivity index (χ2v) is 5.18. The molecule has 1 aromatic heterocycles. The van der Waals surface area contributed by atoms with E-state index in [4.69, 9.17) is 0 Å².